The Kier molecular flexibility index (Phi) is 7.24. The van der Waals surface area contributed by atoms with Gasteiger partial charge in [0, 0.05) is 37.7 Å². The topological polar surface area (TPSA) is 73.5 Å². The van der Waals surface area contributed by atoms with Gasteiger partial charge >= 0.3 is 0 Å². The summed E-state index contributed by atoms with van der Waals surface area (Å²) in [5, 5.41) is 0. The van der Waals surface area contributed by atoms with Crippen LogP contribution in [0.25, 0.3) is 0 Å². The van der Waals surface area contributed by atoms with Crippen molar-refractivity contribution in [1.29, 1.82) is 0 Å². The van der Waals surface area contributed by atoms with E-state index >= 15 is 0 Å². The molecule has 0 saturated carbocycles. The zero-order valence-corrected chi connectivity index (χ0v) is 19.3. The van der Waals surface area contributed by atoms with E-state index in [2.05, 4.69) is 21.8 Å². The van der Waals surface area contributed by atoms with Gasteiger partial charge in [0.05, 0.1) is 41.1 Å². The van der Waals surface area contributed by atoms with E-state index in [1.165, 1.54) is 0 Å². The molecule has 0 radical (unpaired) electrons. The van der Waals surface area contributed by atoms with Gasteiger partial charge in [-0.25, -0.2) is 5.43 Å². The average molecular weight is 444 g/mol. The number of hydrazine groups is 1. The SMILES string of the molecule is COc1cccc2c1OCCCN(CC1CNNC1c1cc(OC)c(OC)c(OC)c1)C2. The van der Waals surface area contributed by atoms with Crippen molar-refractivity contribution in [3.8, 4) is 28.7 Å². The predicted octanol–water partition coefficient (Wildman–Crippen LogP) is 2.77. The van der Waals surface area contributed by atoms with E-state index in [-0.39, 0.29) is 6.04 Å². The van der Waals surface area contributed by atoms with E-state index in [1.807, 2.05) is 24.3 Å². The first-order chi connectivity index (χ1) is 15.7. The second-order valence-corrected chi connectivity index (χ2v) is 8.11. The van der Waals surface area contributed by atoms with Crippen LogP contribution in [0, 0.1) is 5.92 Å². The fourth-order valence-corrected chi connectivity index (χ4v) is 4.62. The van der Waals surface area contributed by atoms with Crippen LogP contribution in [0.5, 0.6) is 28.7 Å². The molecule has 0 bridgehead atoms. The Hall–Kier alpha value is -2.68. The number of nitrogens with zero attached hydrogens (tertiary/aromatic N) is 1. The van der Waals surface area contributed by atoms with Crippen molar-refractivity contribution >= 4 is 0 Å². The molecule has 2 aromatic rings. The van der Waals surface area contributed by atoms with Gasteiger partial charge in [-0.3, -0.25) is 10.3 Å². The van der Waals surface area contributed by atoms with Crippen LogP contribution < -0.4 is 34.5 Å². The molecule has 1 saturated heterocycles. The minimum absolute atomic E-state index is 0.121. The lowest BCUT2D eigenvalue weighted by Crippen LogP contribution is -2.35. The van der Waals surface area contributed by atoms with E-state index in [4.69, 9.17) is 23.7 Å². The normalized spacial score (nSPS) is 21.1. The van der Waals surface area contributed by atoms with Crippen LogP contribution in [0.1, 0.15) is 23.6 Å². The van der Waals surface area contributed by atoms with Gasteiger partial charge in [0.15, 0.2) is 23.0 Å². The highest BCUT2D eigenvalue weighted by Gasteiger charge is 2.32. The van der Waals surface area contributed by atoms with Gasteiger partial charge in [-0.2, -0.15) is 0 Å². The summed E-state index contributed by atoms with van der Waals surface area (Å²) in [6.07, 6.45) is 0.972. The quantitative estimate of drug-likeness (QED) is 0.677. The molecule has 174 valence electrons. The Balaban J connectivity index is 1.55. The zero-order chi connectivity index (χ0) is 22.5. The molecular formula is C24H33N3O5. The third-order valence-corrected chi connectivity index (χ3v) is 6.17. The number of benzene rings is 2. The number of rotatable bonds is 7. The van der Waals surface area contributed by atoms with Gasteiger partial charge < -0.3 is 23.7 Å². The number of methoxy groups -OCH3 is 4. The molecule has 2 N–H and O–H groups in total. The second-order valence-electron chi connectivity index (χ2n) is 8.11. The molecule has 2 aliphatic rings. The summed E-state index contributed by atoms with van der Waals surface area (Å²) >= 11 is 0. The number of ether oxygens (including phenoxy) is 5. The first kappa shape index (κ1) is 22.5. The second kappa shape index (κ2) is 10.3. The van der Waals surface area contributed by atoms with Crippen molar-refractivity contribution < 1.29 is 23.7 Å². The molecule has 0 amide bonds. The van der Waals surface area contributed by atoms with E-state index in [1.54, 1.807) is 28.4 Å². The Morgan fingerprint density at radius 3 is 2.44 bits per heavy atom. The predicted molar refractivity (Wildman–Crippen MR) is 122 cm³/mol. The minimum atomic E-state index is 0.121. The Bertz CT molecular complexity index is 897. The Morgan fingerprint density at radius 2 is 1.75 bits per heavy atom. The summed E-state index contributed by atoms with van der Waals surface area (Å²) in [4.78, 5) is 2.51. The van der Waals surface area contributed by atoms with Gasteiger partial charge in [0.1, 0.15) is 0 Å². The number of nitrogens with one attached hydrogen (secondary N) is 2. The van der Waals surface area contributed by atoms with Crippen LogP contribution in [0.3, 0.4) is 0 Å². The minimum Gasteiger partial charge on any atom is -0.493 e. The number of fused-ring (bicyclic) bond motifs is 1. The molecule has 0 aliphatic carbocycles. The molecular weight excluding hydrogens is 410 g/mol. The molecule has 8 heteroatoms. The van der Waals surface area contributed by atoms with Crippen molar-refractivity contribution in [1.82, 2.24) is 15.8 Å². The summed E-state index contributed by atoms with van der Waals surface area (Å²) in [5.41, 5.74) is 9.05. The third kappa shape index (κ3) is 4.57. The standard InChI is InChI=1S/C24H33N3O5/c1-28-19-8-5-7-16-14-27(9-6-10-32-23(16)19)15-18-13-25-26-22(18)17-11-20(29-2)24(31-4)21(12-17)30-3/h5,7-8,11-12,18,22,25-26H,6,9-10,13-15H2,1-4H3. The molecule has 0 spiro atoms. The summed E-state index contributed by atoms with van der Waals surface area (Å²) in [6, 6.07) is 10.3. The first-order valence-electron chi connectivity index (χ1n) is 11.0. The highest BCUT2D eigenvalue weighted by Crippen LogP contribution is 2.41. The largest absolute Gasteiger partial charge is 0.493 e. The van der Waals surface area contributed by atoms with Crippen LogP contribution in [-0.2, 0) is 6.54 Å². The fraction of sp³-hybridized carbons (Fsp3) is 0.500. The van der Waals surface area contributed by atoms with Crippen LogP contribution in [0.15, 0.2) is 30.3 Å². The lowest BCUT2D eigenvalue weighted by molar-refractivity contribution is 0.177. The highest BCUT2D eigenvalue weighted by molar-refractivity contribution is 5.54. The van der Waals surface area contributed by atoms with Crippen LogP contribution >= 0.6 is 0 Å². The highest BCUT2D eigenvalue weighted by atomic mass is 16.5. The number of hydrogen-bond donors (Lipinski definition) is 2. The van der Waals surface area contributed by atoms with Crippen LogP contribution in [0.4, 0.5) is 0 Å². The van der Waals surface area contributed by atoms with Crippen molar-refractivity contribution in [2.75, 3.05) is 54.7 Å². The smallest absolute Gasteiger partial charge is 0.203 e. The number of hydrogen-bond acceptors (Lipinski definition) is 8. The van der Waals surface area contributed by atoms with Gasteiger partial charge in [-0.1, -0.05) is 12.1 Å². The van der Waals surface area contributed by atoms with Crippen molar-refractivity contribution in [2.45, 2.75) is 19.0 Å². The van der Waals surface area contributed by atoms with Gasteiger partial charge in [-0.15, -0.1) is 0 Å². The lowest BCUT2D eigenvalue weighted by atomic mass is 9.93. The van der Waals surface area contributed by atoms with Crippen LogP contribution in [-0.4, -0.2) is 59.6 Å². The maximum Gasteiger partial charge on any atom is 0.203 e. The molecule has 4 rings (SSSR count). The first-order valence-corrected chi connectivity index (χ1v) is 11.0. The summed E-state index contributed by atoms with van der Waals surface area (Å²) < 4.78 is 28.2. The zero-order valence-electron chi connectivity index (χ0n) is 19.3. The summed E-state index contributed by atoms with van der Waals surface area (Å²) in [6.45, 7) is 4.30. The molecule has 8 nitrogen and oxygen atoms in total. The van der Waals surface area contributed by atoms with Crippen molar-refractivity contribution in [3.63, 3.8) is 0 Å². The molecule has 2 aromatic carbocycles. The van der Waals surface area contributed by atoms with E-state index in [0.717, 1.165) is 55.2 Å². The van der Waals surface area contributed by atoms with Gasteiger partial charge in [0.25, 0.3) is 0 Å². The molecule has 32 heavy (non-hydrogen) atoms. The number of para-hydroxylation sites is 1. The van der Waals surface area contributed by atoms with Gasteiger partial charge in [-0.05, 0) is 30.2 Å². The molecule has 2 heterocycles. The molecule has 0 aromatic heterocycles. The van der Waals surface area contributed by atoms with Crippen molar-refractivity contribution in [3.05, 3.63) is 41.5 Å². The van der Waals surface area contributed by atoms with Gasteiger partial charge in [0.2, 0.25) is 5.75 Å². The van der Waals surface area contributed by atoms with E-state index < -0.39 is 0 Å². The summed E-state index contributed by atoms with van der Waals surface area (Å²) in [7, 11) is 6.60. The summed E-state index contributed by atoms with van der Waals surface area (Å²) in [5.74, 6) is 3.97. The molecule has 1 fully saturated rings. The van der Waals surface area contributed by atoms with E-state index in [9.17, 15) is 0 Å². The molecule has 2 aliphatic heterocycles. The molecule has 2 unspecified atom stereocenters. The lowest BCUT2D eigenvalue weighted by Gasteiger charge is -2.31. The molecule has 2 atom stereocenters. The van der Waals surface area contributed by atoms with E-state index in [0.29, 0.717) is 29.8 Å². The Morgan fingerprint density at radius 1 is 1.00 bits per heavy atom. The Labute approximate surface area is 189 Å². The maximum atomic E-state index is 6.02. The maximum absolute atomic E-state index is 6.02. The monoisotopic (exact) mass is 443 g/mol. The third-order valence-electron chi connectivity index (χ3n) is 6.17. The van der Waals surface area contributed by atoms with Crippen molar-refractivity contribution in [2.24, 2.45) is 5.92 Å². The fourth-order valence-electron chi connectivity index (χ4n) is 4.62. The van der Waals surface area contributed by atoms with Crippen LogP contribution in [0.2, 0.25) is 0 Å². The average Bonchev–Trinajstić information content (AvgIpc) is 3.27.